The van der Waals surface area contributed by atoms with Gasteiger partial charge in [-0.15, -0.1) is 0 Å². The SMILES string of the molecule is Cc1cc(OCc2coc(/C=C/c3ccc(C(F)(F)F)cc3F)n2)ccc1CCCCc1ccnn1CCOC(=O)N(C)C. The maximum atomic E-state index is 14.1. The molecule has 0 saturated heterocycles. The number of benzene rings is 2. The van der Waals surface area contributed by atoms with E-state index in [2.05, 4.69) is 10.1 Å². The average Bonchev–Trinajstić information content (AvgIpc) is 3.63. The highest BCUT2D eigenvalue weighted by Crippen LogP contribution is 2.30. The molecule has 8 nitrogen and oxygen atoms in total. The minimum Gasteiger partial charge on any atom is -0.487 e. The number of nitrogens with zero attached hydrogens (tertiary/aromatic N) is 4. The molecule has 0 unspecified atom stereocenters. The summed E-state index contributed by atoms with van der Waals surface area (Å²) in [5.74, 6) is -0.142. The number of hydrogen-bond donors (Lipinski definition) is 0. The first-order valence-corrected chi connectivity index (χ1v) is 14.1. The van der Waals surface area contributed by atoms with Crippen molar-refractivity contribution < 1.29 is 36.2 Å². The molecule has 0 bridgehead atoms. The van der Waals surface area contributed by atoms with Gasteiger partial charge in [-0.25, -0.2) is 14.2 Å². The fraction of sp³-hybridized carbons (Fsp3) is 0.344. The standard InChI is InChI=1S/C32H34F4N4O4/c1-22-18-28(12-9-23(22)6-4-5-7-27-14-15-37-40(27)16-17-42-31(41)39(2)3)43-20-26-21-44-30(38-26)13-10-24-8-11-25(19-29(24)33)32(34,35)36/h8-15,18-19,21H,4-7,16-17,20H2,1-3H3/b13-10+. The minimum absolute atomic E-state index is 0.0174. The molecule has 0 radical (unpaired) electrons. The van der Waals surface area contributed by atoms with E-state index in [1.807, 2.05) is 35.9 Å². The van der Waals surface area contributed by atoms with Gasteiger partial charge in [0, 0.05) is 37.6 Å². The van der Waals surface area contributed by atoms with Gasteiger partial charge in [0.05, 0.1) is 12.1 Å². The van der Waals surface area contributed by atoms with Gasteiger partial charge in [0.25, 0.3) is 0 Å². The number of oxazole rings is 1. The van der Waals surface area contributed by atoms with Crippen LogP contribution in [0.4, 0.5) is 22.4 Å². The van der Waals surface area contributed by atoms with Crippen molar-refractivity contribution in [2.75, 3.05) is 20.7 Å². The van der Waals surface area contributed by atoms with E-state index < -0.39 is 17.6 Å². The third-order valence-electron chi connectivity index (χ3n) is 6.83. The molecule has 44 heavy (non-hydrogen) atoms. The molecule has 12 heteroatoms. The molecule has 0 aliphatic rings. The van der Waals surface area contributed by atoms with E-state index in [1.165, 1.54) is 28.9 Å². The molecular weight excluding hydrogens is 580 g/mol. The van der Waals surface area contributed by atoms with Crippen LogP contribution in [0.3, 0.4) is 0 Å². The highest BCUT2D eigenvalue weighted by molar-refractivity contribution is 5.67. The Kier molecular flexibility index (Phi) is 10.8. The normalized spacial score (nSPS) is 11.7. The molecule has 4 aromatic rings. The van der Waals surface area contributed by atoms with Gasteiger partial charge in [-0.1, -0.05) is 12.1 Å². The van der Waals surface area contributed by atoms with Crippen LogP contribution in [-0.4, -0.2) is 46.5 Å². The molecule has 0 aliphatic heterocycles. The van der Waals surface area contributed by atoms with Crippen molar-refractivity contribution in [3.63, 3.8) is 0 Å². The fourth-order valence-electron chi connectivity index (χ4n) is 4.40. The van der Waals surface area contributed by atoms with E-state index in [1.54, 1.807) is 20.3 Å². The van der Waals surface area contributed by atoms with Crippen LogP contribution < -0.4 is 4.74 Å². The first-order chi connectivity index (χ1) is 21.0. The molecule has 4 rings (SSSR count). The Hall–Kier alpha value is -4.61. The van der Waals surface area contributed by atoms with Crippen molar-refractivity contribution >= 4 is 18.2 Å². The van der Waals surface area contributed by atoms with Crippen LogP contribution in [0, 0.1) is 12.7 Å². The minimum atomic E-state index is -4.61. The highest BCUT2D eigenvalue weighted by atomic mass is 19.4. The number of amides is 1. The monoisotopic (exact) mass is 614 g/mol. The van der Waals surface area contributed by atoms with Crippen LogP contribution in [-0.2, 0) is 36.9 Å². The molecule has 0 atom stereocenters. The second-order valence-electron chi connectivity index (χ2n) is 10.4. The first kappa shape index (κ1) is 32.3. The third kappa shape index (κ3) is 9.19. The van der Waals surface area contributed by atoms with Crippen LogP contribution >= 0.6 is 0 Å². The quantitative estimate of drug-likeness (QED) is 0.116. The second-order valence-corrected chi connectivity index (χ2v) is 10.4. The molecule has 2 heterocycles. The van der Waals surface area contributed by atoms with Crippen LogP contribution in [0.15, 0.2) is 59.3 Å². The van der Waals surface area contributed by atoms with Gasteiger partial charge in [0.2, 0.25) is 5.89 Å². The maximum absolute atomic E-state index is 14.1. The summed E-state index contributed by atoms with van der Waals surface area (Å²) in [4.78, 5) is 17.2. The Balaban J connectivity index is 1.21. The van der Waals surface area contributed by atoms with Gasteiger partial charge in [-0.2, -0.15) is 18.3 Å². The molecule has 0 fully saturated rings. The molecule has 2 aromatic carbocycles. The fourth-order valence-corrected chi connectivity index (χ4v) is 4.40. The van der Waals surface area contributed by atoms with Crippen LogP contribution in [0.1, 0.15) is 52.4 Å². The van der Waals surface area contributed by atoms with E-state index in [0.29, 0.717) is 24.1 Å². The number of ether oxygens (including phenoxy) is 2. The van der Waals surface area contributed by atoms with Gasteiger partial charge in [0.1, 0.15) is 36.7 Å². The van der Waals surface area contributed by atoms with Crippen molar-refractivity contribution in [1.29, 1.82) is 0 Å². The number of aromatic nitrogens is 3. The summed E-state index contributed by atoms with van der Waals surface area (Å²) in [6.45, 7) is 2.96. The molecule has 0 N–H and O–H groups in total. The predicted octanol–water partition coefficient (Wildman–Crippen LogP) is 7.35. The maximum Gasteiger partial charge on any atom is 0.416 e. The molecule has 1 amide bonds. The van der Waals surface area contributed by atoms with E-state index >= 15 is 0 Å². The van der Waals surface area contributed by atoms with Gasteiger partial charge < -0.3 is 18.8 Å². The Morgan fingerprint density at radius 3 is 2.59 bits per heavy atom. The van der Waals surface area contributed by atoms with Crippen molar-refractivity contribution in [2.45, 2.75) is 51.9 Å². The summed E-state index contributed by atoms with van der Waals surface area (Å²) in [6, 6.07) is 10.2. The number of carbonyl (C=O) groups is 1. The second kappa shape index (κ2) is 14.7. The number of aryl methyl sites for hydroxylation is 3. The van der Waals surface area contributed by atoms with Crippen LogP contribution in [0.2, 0.25) is 0 Å². The van der Waals surface area contributed by atoms with E-state index in [4.69, 9.17) is 13.9 Å². The Bertz CT molecular complexity index is 1580. The lowest BCUT2D eigenvalue weighted by atomic mass is 10.0. The zero-order chi connectivity index (χ0) is 31.7. The van der Waals surface area contributed by atoms with Gasteiger partial charge in [0.15, 0.2) is 0 Å². The van der Waals surface area contributed by atoms with E-state index in [0.717, 1.165) is 49.1 Å². The van der Waals surface area contributed by atoms with Gasteiger partial charge >= 0.3 is 12.3 Å². The Morgan fingerprint density at radius 2 is 1.86 bits per heavy atom. The number of unbranched alkanes of at least 4 members (excludes halogenated alkanes) is 1. The van der Waals surface area contributed by atoms with Gasteiger partial charge in [-0.3, -0.25) is 4.68 Å². The molecule has 234 valence electrons. The van der Waals surface area contributed by atoms with E-state index in [9.17, 15) is 22.4 Å². The lowest BCUT2D eigenvalue weighted by Crippen LogP contribution is -2.24. The largest absolute Gasteiger partial charge is 0.487 e. The summed E-state index contributed by atoms with van der Waals surface area (Å²) in [6.07, 6.45) is 4.62. The van der Waals surface area contributed by atoms with Crippen molar-refractivity contribution in [1.82, 2.24) is 19.7 Å². The number of halogens is 4. The molecule has 0 saturated carbocycles. The summed E-state index contributed by atoms with van der Waals surface area (Å²) in [5, 5.41) is 4.33. The molecular formula is C32H34F4N4O4. The Morgan fingerprint density at radius 1 is 1.07 bits per heavy atom. The smallest absolute Gasteiger partial charge is 0.416 e. The summed E-state index contributed by atoms with van der Waals surface area (Å²) >= 11 is 0. The summed E-state index contributed by atoms with van der Waals surface area (Å²) < 4.78 is 70.5. The third-order valence-corrected chi connectivity index (χ3v) is 6.83. The number of hydrogen-bond acceptors (Lipinski definition) is 6. The van der Waals surface area contributed by atoms with Crippen LogP contribution in [0.25, 0.3) is 12.2 Å². The lowest BCUT2D eigenvalue weighted by molar-refractivity contribution is -0.137. The molecule has 0 spiro atoms. The molecule has 2 aromatic heterocycles. The van der Waals surface area contributed by atoms with Crippen molar-refractivity contribution in [3.05, 3.63) is 100 Å². The van der Waals surface area contributed by atoms with Crippen molar-refractivity contribution in [3.8, 4) is 5.75 Å². The predicted molar refractivity (Wildman–Crippen MR) is 156 cm³/mol. The topological polar surface area (TPSA) is 82.6 Å². The average molecular weight is 615 g/mol. The Labute approximate surface area is 252 Å². The zero-order valence-electron chi connectivity index (χ0n) is 24.7. The summed E-state index contributed by atoms with van der Waals surface area (Å²) in [5.41, 5.74) is 2.88. The number of alkyl halides is 3. The van der Waals surface area contributed by atoms with Crippen molar-refractivity contribution in [2.24, 2.45) is 0 Å². The number of carbonyl (C=O) groups excluding carboxylic acids is 1. The molecule has 0 aliphatic carbocycles. The summed E-state index contributed by atoms with van der Waals surface area (Å²) in [7, 11) is 3.28. The van der Waals surface area contributed by atoms with Crippen LogP contribution in [0.5, 0.6) is 5.75 Å². The zero-order valence-corrected chi connectivity index (χ0v) is 24.7. The van der Waals surface area contributed by atoms with E-state index in [-0.39, 0.29) is 30.8 Å². The first-order valence-electron chi connectivity index (χ1n) is 14.1. The van der Waals surface area contributed by atoms with Gasteiger partial charge in [-0.05, 0) is 80.1 Å². The lowest BCUT2D eigenvalue weighted by Gasteiger charge is -2.12. The number of rotatable bonds is 13. The highest BCUT2D eigenvalue weighted by Gasteiger charge is 2.31.